The van der Waals surface area contributed by atoms with Gasteiger partial charge in [0.2, 0.25) is 0 Å². The molecular weight excluding hydrogens is 280 g/mol. The highest BCUT2D eigenvalue weighted by Crippen LogP contribution is 2.17. The minimum absolute atomic E-state index is 0.0356. The number of aryl methyl sites for hydroxylation is 2. The lowest BCUT2D eigenvalue weighted by Crippen LogP contribution is -2.17. The third-order valence-electron chi connectivity index (χ3n) is 3.30. The summed E-state index contributed by atoms with van der Waals surface area (Å²) in [6, 6.07) is 0. The number of carbonyl (C=O) groups is 1. The van der Waals surface area contributed by atoms with E-state index in [-0.39, 0.29) is 24.5 Å². The molecule has 0 saturated heterocycles. The van der Waals surface area contributed by atoms with Crippen molar-refractivity contribution in [1.82, 2.24) is 9.78 Å². The smallest absolute Gasteiger partial charge is 0.307 e. The van der Waals surface area contributed by atoms with Gasteiger partial charge in [-0.05, 0) is 12.8 Å². The van der Waals surface area contributed by atoms with Crippen LogP contribution < -0.4 is 0 Å². The fourth-order valence-electron chi connectivity index (χ4n) is 2.18. The van der Waals surface area contributed by atoms with Crippen LogP contribution in [0, 0.1) is 0 Å². The van der Waals surface area contributed by atoms with Crippen molar-refractivity contribution in [1.29, 1.82) is 0 Å². The lowest BCUT2D eigenvalue weighted by Gasteiger charge is -2.07. The molecule has 0 radical (unpaired) electrons. The van der Waals surface area contributed by atoms with Gasteiger partial charge >= 0.3 is 5.97 Å². The van der Waals surface area contributed by atoms with Gasteiger partial charge in [-0.2, -0.15) is 5.10 Å². The Kier molecular flexibility index (Phi) is 5.74. The fourth-order valence-corrected chi connectivity index (χ4v) is 2.92. The third-order valence-corrected chi connectivity index (χ3v) is 4.99. The van der Waals surface area contributed by atoms with Crippen molar-refractivity contribution in [2.45, 2.75) is 46.6 Å². The van der Waals surface area contributed by atoms with E-state index in [4.69, 9.17) is 5.11 Å². The highest BCUT2D eigenvalue weighted by molar-refractivity contribution is 7.91. The number of aliphatic carboxylic acids is 1. The Morgan fingerprint density at radius 1 is 1.25 bits per heavy atom. The minimum atomic E-state index is -3.05. The lowest BCUT2D eigenvalue weighted by molar-refractivity contribution is -0.136. The summed E-state index contributed by atoms with van der Waals surface area (Å²) in [6.45, 7) is 5.74. The molecule has 7 heteroatoms. The summed E-state index contributed by atoms with van der Waals surface area (Å²) in [7, 11) is -3.05. The maximum Gasteiger partial charge on any atom is 0.307 e. The van der Waals surface area contributed by atoms with E-state index in [0.717, 1.165) is 17.0 Å². The molecule has 0 bridgehead atoms. The topological polar surface area (TPSA) is 89.3 Å². The van der Waals surface area contributed by atoms with Gasteiger partial charge in [0.05, 0.1) is 24.4 Å². The molecule has 0 spiro atoms. The summed E-state index contributed by atoms with van der Waals surface area (Å²) in [5.41, 5.74) is 2.31. The molecule has 0 unspecified atom stereocenters. The van der Waals surface area contributed by atoms with Crippen LogP contribution in [0.15, 0.2) is 0 Å². The number of rotatable bonds is 8. The number of carboxylic acids is 1. The van der Waals surface area contributed by atoms with Gasteiger partial charge in [-0.15, -0.1) is 0 Å². The van der Waals surface area contributed by atoms with Gasteiger partial charge in [-0.25, -0.2) is 8.42 Å². The molecule has 20 heavy (non-hydrogen) atoms. The second kappa shape index (κ2) is 6.88. The van der Waals surface area contributed by atoms with Gasteiger partial charge in [0.15, 0.2) is 9.84 Å². The summed E-state index contributed by atoms with van der Waals surface area (Å²) >= 11 is 0. The van der Waals surface area contributed by atoms with Crippen molar-refractivity contribution in [3.8, 4) is 0 Å². The van der Waals surface area contributed by atoms with E-state index in [1.807, 2.05) is 13.8 Å². The van der Waals surface area contributed by atoms with Crippen molar-refractivity contribution < 1.29 is 18.3 Å². The number of carboxylic acid groups (broad SMARTS) is 1. The van der Waals surface area contributed by atoms with Gasteiger partial charge < -0.3 is 5.11 Å². The molecule has 0 fully saturated rings. The largest absolute Gasteiger partial charge is 0.481 e. The Morgan fingerprint density at radius 2 is 1.90 bits per heavy atom. The van der Waals surface area contributed by atoms with Crippen LogP contribution in [0.2, 0.25) is 0 Å². The quantitative estimate of drug-likeness (QED) is 0.776. The van der Waals surface area contributed by atoms with Crippen molar-refractivity contribution in [3.63, 3.8) is 0 Å². The molecule has 1 aromatic rings. The van der Waals surface area contributed by atoms with Gasteiger partial charge in [-0.1, -0.05) is 20.8 Å². The average molecular weight is 302 g/mol. The molecule has 0 amide bonds. The predicted molar refractivity (Wildman–Crippen MR) is 76.7 cm³/mol. The highest BCUT2D eigenvalue weighted by atomic mass is 32.2. The molecule has 0 aliphatic rings. The Morgan fingerprint density at radius 3 is 2.35 bits per heavy atom. The van der Waals surface area contributed by atoms with E-state index < -0.39 is 15.8 Å². The van der Waals surface area contributed by atoms with Gasteiger partial charge in [0.25, 0.3) is 0 Å². The first-order valence-corrected chi connectivity index (χ1v) is 8.66. The molecule has 0 aromatic carbocycles. The third kappa shape index (κ3) is 4.06. The summed E-state index contributed by atoms with van der Waals surface area (Å²) in [5, 5.41) is 13.4. The van der Waals surface area contributed by atoms with Crippen LogP contribution in [-0.2, 0) is 40.4 Å². The maximum absolute atomic E-state index is 11.6. The summed E-state index contributed by atoms with van der Waals surface area (Å²) in [5.74, 6) is -0.748. The van der Waals surface area contributed by atoms with Gasteiger partial charge in [-0.3, -0.25) is 9.48 Å². The molecule has 1 N–H and O–H groups in total. The average Bonchev–Trinajstić information content (AvgIpc) is 2.73. The van der Waals surface area contributed by atoms with Crippen LogP contribution in [0.4, 0.5) is 0 Å². The molecule has 0 aliphatic carbocycles. The van der Waals surface area contributed by atoms with E-state index in [2.05, 4.69) is 5.10 Å². The number of nitrogens with zero attached hydrogens (tertiary/aromatic N) is 2. The standard InChI is InChI=1S/C13H22N2O4S/c1-4-11-10(9-13(16)17)12(5-2)15(14-11)7-8-20(18,19)6-3/h4-9H2,1-3H3,(H,16,17). The van der Waals surface area contributed by atoms with E-state index >= 15 is 0 Å². The molecule has 0 aliphatic heterocycles. The first-order chi connectivity index (χ1) is 9.34. The molecule has 6 nitrogen and oxygen atoms in total. The van der Waals surface area contributed by atoms with E-state index in [1.165, 1.54) is 0 Å². The Labute approximate surface area is 119 Å². The molecule has 0 atom stereocenters. The Hall–Kier alpha value is -1.37. The normalized spacial score (nSPS) is 11.8. The zero-order valence-corrected chi connectivity index (χ0v) is 13.0. The number of hydrogen-bond acceptors (Lipinski definition) is 4. The second-order valence-corrected chi connectivity index (χ2v) is 7.08. The van der Waals surface area contributed by atoms with Crippen LogP contribution in [-0.4, -0.2) is 40.8 Å². The molecule has 114 valence electrons. The van der Waals surface area contributed by atoms with Crippen LogP contribution in [0.3, 0.4) is 0 Å². The number of hydrogen-bond donors (Lipinski definition) is 1. The minimum Gasteiger partial charge on any atom is -0.481 e. The molecule has 1 aromatic heterocycles. The summed E-state index contributed by atoms with van der Waals surface area (Å²) in [6.07, 6.45) is 1.22. The first kappa shape index (κ1) is 16.7. The second-order valence-electron chi connectivity index (χ2n) is 4.61. The van der Waals surface area contributed by atoms with Crippen molar-refractivity contribution >= 4 is 15.8 Å². The molecule has 1 heterocycles. The summed E-state index contributed by atoms with van der Waals surface area (Å²) in [4.78, 5) is 10.9. The van der Waals surface area contributed by atoms with Crippen molar-refractivity contribution in [2.24, 2.45) is 0 Å². The zero-order chi connectivity index (χ0) is 15.3. The van der Waals surface area contributed by atoms with Crippen LogP contribution in [0.1, 0.15) is 37.7 Å². The fraction of sp³-hybridized carbons (Fsp3) is 0.692. The molecule has 1 rings (SSSR count). The predicted octanol–water partition coefficient (Wildman–Crippen LogP) is 1.07. The van der Waals surface area contributed by atoms with E-state index in [1.54, 1.807) is 11.6 Å². The van der Waals surface area contributed by atoms with Gasteiger partial charge in [0, 0.05) is 17.0 Å². The summed E-state index contributed by atoms with van der Waals surface area (Å²) < 4.78 is 24.8. The van der Waals surface area contributed by atoms with Crippen LogP contribution >= 0.6 is 0 Å². The van der Waals surface area contributed by atoms with Crippen LogP contribution in [0.5, 0.6) is 0 Å². The highest BCUT2D eigenvalue weighted by Gasteiger charge is 2.19. The van der Waals surface area contributed by atoms with Crippen molar-refractivity contribution in [3.05, 3.63) is 17.0 Å². The van der Waals surface area contributed by atoms with Crippen LogP contribution in [0.25, 0.3) is 0 Å². The molecular formula is C13H22N2O4S. The number of aromatic nitrogens is 2. The monoisotopic (exact) mass is 302 g/mol. The SMILES string of the molecule is CCc1nn(CCS(=O)(=O)CC)c(CC)c1CC(=O)O. The van der Waals surface area contributed by atoms with E-state index in [9.17, 15) is 13.2 Å². The Bertz CT molecular complexity index is 575. The maximum atomic E-state index is 11.6. The van der Waals surface area contributed by atoms with E-state index in [0.29, 0.717) is 12.8 Å². The Balaban J connectivity index is 3.08. The zero-order valence-electron chi connectivity index (χ0n) is 12.2. The van der Waals surface area contributed by atoms with Crippen molar-refractivity contribution in [2.75, 3.05) is 11.5 Å². The number of sulfone groups is 1. The van der Waals surface area contributed by atoms with Gasteiger partial charge in [0.1, 0.15) is 0 Å². The molecule has 0 saturated carbocycles. The first-order valence-electron chi connectivity index (χ1n) is 6.84. The lowest BCUT2D eigenvalue weighted by atomic mass is 10.1.